The Kier molecular flexibility index (Phi) is 5.19. The second-order valence-corrected chi connectivity index (χ2v) is 4.41. The number of rotatable bonds is 6. The van der Waals surface area contributed by atoms with E-state index >= 15 is 0 Å². The molecule has 0 saturated heterocycles. The van der Waals surface area contributed by atoms with Crippen LogP contribution >= 0.6 is 0 Å². The highest BCUT2D eigenvalue weighted by molar-refractivity contribution is 5.98. The number of amides is 1. The summed E-state index contributed by atoms with van der Waals surface area (Å²) in [7, 11) is 0. The lowest BCUT2D eigenvalue weighted by molar-refractivity contribution is -0.384. The van der Waals surface area contributed by atoms with Crippen molar-refractivity contribution >= 4 is 17.6 Å². The number of carbonyl (C=O) groups is 2. The van der Waals surface area contributed by atoms with Gasteiger partial charge in [0, 0.05) is 17.7 Å². The van der Waals surface area contributed by atoms with E-state index in [1.807, 2.05) is 0 Å². The molecule has 1 atom stereocenters. The van der Waals surface area contributed by atoms with Crippen molar-refractivity contribution in [2.24, 2.45) is 0 Å². The monoisotopic (exact) mass is 280 g/mol. The molecule has 0 spiro atoms. The summed E-state index contributed by atoms with van der Waals surface area (Å²) < 4.78 is 0. The number of carboxylic acids is 1. The fraction of sp³-hybridized carbons (Fsp3) is 0.385. The molecule has 7 nitrogen and oxygen atoms in total. The molecule has 0 unspecified atom stereocenters. The lowest BCUT2D eigenvalue weighted by Crippen LogP contribution is -2.40. The Bertz CT molecular complexity index is 542. The van der Waals surface area contributed by atoms with E-state index in [1.165, 1.54) is 12.1 Å². The number of carboxylic acid groups (broad SMARTS) is 1. The molecule has 0 radical (unpaired) electrons. The van der Waals surface area contributed by atoms with Crippen LogP contribution in [0.25, 0.3) is 0 Å². The van der Waals surface area contributed by atoms with Crippen LogP contribution in [0.3, 0.4) is 0 Å². The second-order valence-electron chi connectivity index (χ2n) is 4.41. The molecular formula is C13H16N2O5. The Balaban J connectivity index is 2.99. The van der Waals surface area contributed by atoms with Gasteiger partial charge in [0.25, 0.3) is 11.6 Å². The van der Waals surface area contributed by atoms with Crippen molar-refractivity contribution in [2.45, 2.75) is 32.7 Å². The number of aliphatic carboxylic acids is 1. The smallest absolute Gasteiger partial charge is 0.326 e. The highest BCUT2D eigenvalue weighted by Crippen LogP contribution is 2.17. The number of hydrogen-bond acceptors (Lipinski definition) is 4. The van der Waals surface area contributed by atoms with Crippen molar-refractivity contribution in [3.63, 3.8) is 0 Å². The number of nitrogens with zero attached hydrogens (tertiary/aromatic N) is 1. The summed E-state index contributed by atoms with van der Waals surface area (Å²) in [5.41, 5.74) is 0.457. The van der Waals surface area contributed by atoms with Gasteiger partial charge in [-0.3, -0.25) is 14.9 Å². The maximum Gasteiger partial charge on any atom is 0.326 e. The maximum absolute atomic E-state index is 12.0. The van der Waals surface area contributed by atoms with E-state index in [2.05, 4.69) is 5.32 Å². The molecule has 0 aliphatic rings. The van der Waals surface area contributed by atoms with Crippen LogP contribution in [0, 0.1) is 17.0 Å². The molecule has 1 amide bonds. The van der Waals surface area contributed by atoms with E-state index in [4.69, 9.17) is 5.11 Å². The van der Waals surface area contributed by atoms with E-state index < -0.39 is 22.8 Å². The first kappa shape index (κ1) is 15.6. The average molecular weight is 280 g/mol. The Morgan fingerprint density at radius 1 is 1.45 bits per heavy atom. The third kappa shape index (κ3) is 3.78. The molecule has 20 heavy (non-hydrogen) atoms. The summed E-state index contributed by atoms with van der Waals surface area (Å²) >= 11 is 0. The zero-order valence-corrected chi connectivity index (χ0v) is 11.3. The zero-order chi connectivity index (χ0) is 15.3. The summed E-state index contributed by atoms with van der Waals surface area (Å²) in [6, 6.07) is 2.91. The van der Waals surface area contributed by atoms with Gasteiger partial charge in [-0.05, 0) is 18.9 Å². The number of nitro groups is 1. The number of nitro benzene ring substituents is 1. The number of benzene rings is 1. The molecule has 0 aliphatic carbocycles. The Morgan fingerprint density at radius 2 is 2.10 bits per heavy atom. The number of non-ortho nitro benzene ring substituents is 1. The summed E-state index contributed by atoms with van der Waals surface area (Å²) in [6.45, 7) is 3.44. The molecule has 7 heteroatoms. The number of aryl methyl sites for hydroxylation is 1. The van der Waals surface area contributed by atoms with Gasteiger partial charge in [0.05, 0.1) is 4.92 Å². The first-order valence-electron chi connectivity index (χ1n) is 6.15. The first-order chi connectivity index (χ1) is 9.36. The van der Waals surface area contributed by atoms with Crippen LogP contribution in [0.5, 0.6) is 0 Å². The number of nitrogens with one attached hydrogen (secondary N) is 1. The van der Waals surface area contributed by atoms with Crippen LogP contribution in [-0.2, 0) is 4.79 Å². The molecule has 1 aromatic rings. The lowest BCUT2D eigenvalue weighted by atomic mass is 10.1. The normalized spacial score (nSPS) is 11.7. The average Bonchev–Trinajstić information content (AvgIpc) is 2.38. The fourth-order valence-corrected chi connectivity index (χ4v) is 1.75. The summed E-state index contributed by atoms with van der Waals surface area (Å²) in [5, 5.41) is 22.1. The van der Waals surface area contributed by atoms with Gasteiger partial charge in [0.2, 0.25) is 0 Å². The van der Waals surface area contributed by atoms with E-state index in [1.54, 1.807) is 13.8 Å². The lowest BCUT2D eigenvalue weighted by Gasteiger charge is -2.14. The Hall–Kier alpha value is -2.44. The predicted octanol–water partition coefficient (Wildman–Crippen LogP) is 1.89. The molecule has 0 bridgehead atoms. The third-order valence-electron chi connectivity index (χ3n) is 2.86. The first-order valence-corrected chi connectivity index (χ1v) is 6.15. The van der Waals surface area contributed by atoms with Crippen LogP contribution in [0.1, 0.15) is 35.7 Å². The van der Waals surface area contributed by atoms with Crippen LogP contribution in [0.2, 0.25) is 0 Å². The van der Waals surface area contributed by atoms with Crippen molar-refractivity contribution in [1.29, 1.82) is 0 Å². The largest absolute Gasteiger partial charge is 0.480 e. The van der Waals surface area contributed by atoms with E-state index in [0.29, 0.717) is 18.4 Å². The van der Waals surface area contributed by atoms with Crippen molar-refractivity contribution < 1.29 is 19.6 Å². The van der Waals surface area contributed by atoms with E-state index in [9.17, 15) is 19.7 Å². The van der Waals surface area contributed by atoms with Crippen molar-refractivity contribution in [2.75, 3.05) is 0 Å². The quantitative estimate of drug-likeness (QED) is 0.610. The second kappa shape index (κ2) is 6.65. The minimum absolute atomic E-state index is 0.113. The third-order valence-corrected chi connectivity index (χ3v) is 2.86. The standard InChI is InChI=1S/C13H16N2O5/c1-3-4-11(13(17)18)14-12(16)10-7-9(15(19)20)6-5-8(10)2/h5-7,11H,3-4H2,1-2H3,(H,14,16)(H,17,18)/t11-/m0/s1. The van der Waals surface area contributed by atoms with Gasteiger partial charge in [0.1, 0.15) is 6.04 Å². The maximum atomic E-state index is 12.0. The van der Waals surface area contributed by atoms with Gasteiger partial charge < -0.3 is 10.4 Å². The molecule has 1 aromatic carbocycles. The molecule has 0 aliphatic heterocycles. The Labute approximate surface area is 115 Å². The van der Waals surface area contributed by atoms with Gasteiger partial charge in [-0.1, -0.05) is 19.4 Å². The van der Waals surface area contributed by atoms with Gasteiger partial charge in [-0.25, -0.2) is 4.79 Å². The number of carbonyl (C=O) groups excluding carboxylic acids is 1. The van der Waals surface area contributed by atoms with E-state index in [0.717, 1.165) is 6.07 Å². The minimum Gasteiger partial charge on any atom is -0.480 e. The molecule has 108 valence electrons. The number of hydrogen-bond donors (Lipinski definition) is 2. The van der Waals surface area contributed by atoms with Gasteiger partial charge in [-0.2, -0.15) is 0 Å². The Morgan fingerprint density at radius 3 is 2.60 bits per heavy atom. The van der Waals surface area contributed by atoms with Crippen LogP contribution in [-0.4, -0.2) is 27.9 Å². The minimum atomic E-state index is -1.12. The summed E-state index contributed by atoms with van der Waals surface area (Å²) in [5.74, 6) is -1.74. The molecule has 0 fully saturated rings. The van der Waals surface area contributed by atoms with Gasteiger partial charge >= 0.3 is 5.97 Å². The molecule has 2 N–H and O–H groups in total. The van der Waals surface area contributed by atoms with E-state index in [-0.39, 0.29) is 11.3 Å². The van der Waals surface area contributed by atoms with Crippen LogP contribution in [0.15, 0.2) is 18.2 Å². The van der Waals surface area contributed by atoms with Crippen molar-refractivity contribution in [3.8, 4) is 0 Å². The molecule has 1 rings (SSSR count). The van der Waals surface area contributed by atoms with Gasteiger partial charge in [-0.15, -0.1) is 0 Å². The van der Waals surface area contributed by atoms with Crippen molar-refractivity contribution in [1.82, 2.24) is 5.32 Å². The molecule has 0 heterocycles. The van der Waals surface area contributed by atoms with Crippen LogP contribution < -0.4 is 5.32 Å². The van der Waals surface area contributed by atoms with Crippen LogP contribution in [0.4, 0.5) is 5.69 Å². The topological polar surface area (TPSA) is 110 Å². The molecular weight excluding hydrogens is 264 g/mol. The highest BCUT2D eigenvalue weighted by atomic mass is 16.6. The fourth-order valence-electron chi connectivity index (χ4n) is 1.75. The molecule has 0 saturated carbocycles. The predicted molar refractivity (Wildman–Crippen MR) is 71.6 cm³/mol. The summed E-state index contributed by atoms with van der Waals surface area (Å²) in [6.07, 6.45) is 0.903. The highest BCUT2D eigenvalue weighted by Gasteiger charge is 2.21. The molecule has 0 aromatic heterocycles. The summed E-state index contributed by atoms with van der Waals surface area (Å²) in [4.78, 5) is 33.1. The zero-order valence-electron chi connectivity index (χ0n) is 11.3. The van der Waals surface area contributed by atoms with Crippen molar-refractivity contribution in [3.05, 3.63) is 39.4 Å². The van der Waals surface area contributed by atoms with Gasteiger partial charge in [0.15, 0.2) is 0 Å². The SMILES string of the molecule is CCC[C@H](NC(=O)c1cc([N+](=O)[O-])ccc1C)C(=O)O.